The summed E-state index contributed by atoms with van der Waals surface area (Å²) < 4.78 is 70.9. The van der Waals surface area contributed by atoms with Gasteiger partial charge in [-0.05, 0) is 73.5 Å². The number of nitrogens with one attached hydrogen (secondary N) is 6. The monoisotopic (exact) mass is 904 g/mol. The van der Waals surface area contributed by atoms with Gasteiger partial charge < -0.3 is 45.0 Å². The topological polar surface area (TPSA) is 299 Å². The molecule has 316 valence electrons. The summed E-state index contributed by atoms with van der Waals surface area (Å²) in [6.45, 7) is 3.40. The van der Waals surface area contributed by atoms with E-state index in [9.17, 15) is 36.2 Å². The van der Waals surface area contributed by atoms with Gasteiger partial charge in [0.05, 0.1) is 12.2 Å². The van der Waals surface area contributed by atoms with Gasteiger partial charge in [0.15, 0.2) is 0 Å². The Morgan fingerprint density at radius 3 is 1.11 bits per heavy atom. The zero-order valence-electron chi connectivity index (χ0n) is 35.9. The molecule has 0 aliphatic heterocycles. The number of para-hydroxylation sites is 2. The van der Waals surface area contributed by atoms with Crippen molar-refractivity contribution in [1.29, 1.82) is 0 Å². The average molecular weight is 905 g/mol. The Bertz CT molecular complexity index is 2530. The van der Waals surface area contributed by atoms with Crippen molar-refractivity contribution in [2.45, 2.75) is 35.8 Å². The van der Waals surface area contributed by atoms with E-state index in [1.54, 1.807) is 38.1 Å². The minimum absolute atomic E-state index is 0. The third-order valence-corrected chi connectivity index (χ3v) is 9.80. The van der Waals surface area contributed by atoms with E-state index in [0.29, 0.717) is 11.4 Å². The molecule has 0 bridgehead atoms. The van der Waals surface area contributed by atoms with Gasteiger partial charge in [-0.1, -0.05) is 60.7 Å². The summed E-state index contributed by atoms with van der Waals surface area (Å²) in [6.07, 6.45) is 1.06. The van der Waals surface area contributed by atoms with Crippen LogP contribution in [0.25, 0.3) is 12.2 Å². The van der Waals surface area contributed by atoms with Gasteiger partial charge in [0.25, 0.3) is 20.2 Å². The Labute approximate surface area is 404 Å². The van der Waals surface area contributed by atoms with Crippen LogP contribution in [0.5, 0.6) is 0 Å². The maximum atomic E-state index is 12.6. The fourth-order valence-electron chi connectivity index (χ4n) is 5.30. The molecule has 2 atom stereocenters. The van der Waals surface area contributed by atoms with Gasteiger partial charge in [0.2, 0.25) is 35.7 Å². The predicted octanol–water partition coefficient (Wildman–Crippen LogP) is -0.487. The minimum Gasteiger partial charge on any atom is -1.00 e. The molecule has 6 aromatic rings. The van der Waals surface area contributed by atoms with Crippen LogP contribution in [-0.2, 0) is 20.2 Å². The van der Waals surface area contributed by atoms with Crippen LogP contribution in [-0.4, -0.2) is 91.4 Å². The normalized spacial score (nSPS) is 12.3. The number of rotatable bonds is 18. The van der Waals surface area contributed by atoms with Crippen LogP contribution in [0.4, 0.5) is 58.4 Å². The second kappa shape index (κ2) is 22.5. The van der Waals surface area contributed by atoms with Crippen molar-refractivity contribution < 1.29 is 98.1 Å². The van der Waals surface area contributed by atoms with Crippen LogP contribution in [0.2, 0.25) is 0 Å². The standard InChI is InChI=1S/C38H40N12O8S2.2Na.2H/c1-23(51)21-39-33-45-35(41-27-9-5-3-6-10-27)49-37(47-33)43-29-17-15-25(31(19-29)59(53,54)55)13-14-26-16-18-30(20-32(26)60(56,57)58)44-38-48-34(40-22-24(2)52)46-36(50-38)42-28-11-7-4-8-12-28;;;;/h3-20,23-24,51-52H,21-22H2,1-2H3,(H,53,54,55)(H,56,57,58)(H3,39,41,43,45,47,49)(H3,40,42,44,46,48,50);;;;/q;2*+1;2*-1. The van der Waals surface area contributed by atoms with Crippen molar-refractivity contribution in [3.63, 3.8) is 0 Å². The van der Waals surface area contributed by atoms with Gasteiger partial charge in [0, 0.05) is 35.8 Å². The van der Waals surface area contributed by atoms with E-state index in [1.165, 1.54) is 36.4 Å². The molecule has 0 aliphatic rings. The molecule has 20 nitrogen and oxygen atoms in total. The molecule has 4 aromatic carbocycles. The number of aliphatic hydroxyl groups excluding tert-OH is 2. The molecule has 2 heterocycles. The fourth-order valence-corrected chi connectivity index (χ4v) is 6.72. The number of nitrogens with zero attached hydrogens (tertiary/aromatic N) is 6. The Morgan fingerprint density at radius 2 is 0.806 bits per heavy atom. The zero-order valence-corrected chi connectivity index (χ0v) is 39.5. The molecule has 0 saturated carbocycles. The largest absolute Gasteiger partial charge is 1.00 e. The van der Waals surface area contributed by atoms with E-state index in [2.05, 4.69) is 61.8 Å². The first-order valence-corrected chi connectivity index (χ1v) is 20.9. The van der Waals surface area contributed by atoms with Gasteiger partial charge >= 0.3 is 59.1 Å². The summed E-state index contributed by atoms with van der Waals surface area (Å²) in [5.41, 5.74) is 1.58. The number of hydrogen-bond donors (Lipinski definition) is 10. The van der Waals surface area contributed by atoms with Crippen molar-refractivity contribution in [1.82, 2.24) is 29.9 Å². The average Bonchev–Trinajstić information content (AvgIpc) is 3.19. The second-order valence-electron chi connectivity index (χ2n) is 13.1. The number of benzene rings is 4. The predicted molar refractivity (Wildman–Crippen MR) is 230 cm³/mol. The van der Waals surface area contributed by atoms with Crippen LogP contribution < -0.4 is 91.0 Å². The van der Waals surface area contributed by atoms with Gasteiger partial charge in [-0.25, -0.2) is 0 Å². The van der Waals surface area contributed by atoms with Gasteiger partial charge in [-0.3, -0.25) is 9.11 Å². The first-order chi connectivity index (χ1) is 28.6. The van der Waals surface area contributed by atoms with Crippen molar-refractivity contribution in [2.24, 2.45) is 0 Å². The van der Waals surface area contributed by atoms with E-state index >= 15 is 0 Å². The second-order valence-corrected chi connectivity index (χ2v) is 15.9. The molecule has 0 fully saturated rings. The first-order valence-electron chi connectivity index (χ1n) is 18.0. The Kier molecular flexibility index (Phi) is 18.1. The summed E-state index contributed by atoms with van der Waals surface area (Å²) >= 11 is 0. The van der Waals surface area contributed by atoms with E-state index in [0.717, 1.165) is 12.1 Å². The zero-order chi connectivity index (χ0) is 42.9. The first kappa shape index (κ1) is 49.8. The molecule has 6 rings (SSSR count). The molecule has 2 aromatic heterocycles. The van der Waals surface area contributed by atoms with E-state index in [4.69, 9.17) is 0 Å². The quantitative estimate of drug-likeness (QED) is 0.0296. The summed E-state index contributed by atoms with van der Waals surface area (Å²) in [5.74, 6) is 0.436. The molecule has 2 unspecified atom stereocenters. The number of anilines is 10. The SMILES string of the molecule is CC(O)CNc1nc(Nc2ccccc2)nc(Nc2ccc(C=Cc3ccc(Nc4nc(NCC(C)O)nc(Nc5ccccc5)n4)cc3S(=O)(=O)O)c(S(=O)(=O)O)c2)n1.[H-].[H-].[Na+].[Na+]. The molecule has 0 spiro atoms. The van der Waals surface area contributed by atoms with Crippen molar-refractivity contribution in [2.75, 3.05) is 45.0 Å². The Hall–Kier alpha value is -4.82. The summed E-state index contributed by atoms with van der Waals surface area (Å²) in [6, 6.07) is 26.0. The number of hydrogen-bond acceptors (Lipinski definition) is 18. The van der Waals surface area contributed by atoms with Crippen LogP contribution in [0.1, 0.15) is 27.8 Å². The van der Waals surface area contributed by atoms with Crippen LogP contribution >= 0.6 is 0 Å². The van der Waals surface area contributed by atoms with Crippen LogP contribution in [0.3, 0.4) is 0 Å². The maximum absolute atomic E-state index is 12.6. The van der Waals surface area contributed by atoms with Gasteiger partial charge in [-0.2, -0.15) is 46.7 Å². The van der Waals surface area contributed by atoms with Crippen LogP contribution in [0, 0.1) is 0 Å². The summed E-state index contributed by atoms with van der Waals surface area (Å²) in [4.78, 5) is 24.9. The molecule has 62 heavy (non-hydrogen) atoms. The minimum atomic E-state index is -4.86. The molecule has 0 aliphatic carbocycles. The van der Waals surface area contributed by atoms with E-state index < -0.39 is 42.2 Å². The molecule has 24 heteroatoms. The van der Waals surface area contributed by atoms with Crippen molar-refractivity contribution in [3.05, 3.63) is 108 Å². The third kappa shape index (κ3) is 14.9. The smallest absolute Gasteiger partial charge is 1.00 e. The number of aliphatic hydroxyl groups is 2. The fraction of sp³-hybridized carbons (Fsp3) is 0.158. The summed E-state index contributed by atoms with van der Waals surface area (Å²) in [7, 11) is -9.72. The molecule has 0 saturated heterocycles. The molecule has 0 amide bonds. The van der Waals surface area contributed by atoms with E-state index in [-0.39, 0.29) is 133 Å². The Balaban J connectivity index is 0.00000352. The third-order valence-electron chi connectivity index (χ3n) is 7.98. The molecular formula is C38H42N12Na2O8S2. The van der Waals surface area contributed by atoms with Crippen LogP contribution in [0.15, 0.2) is 107 Å². The molecular weight excluding hydrogens is 863 g/mol. The maximum Gasteiger partial charge on any atom is 1.00 e. The molecule has 0 radical (unpaired) electrons. The Morgan fingerprint density at radius 1 is 0.500 bits per heavy atom. The van der Waals surface area contributed by atoms with Crippen molar-refractivity contribution in [3.8, 4) is 0 Å². The van der Waals surface area contributed by atoms with Gasteiger partial charge in [-0.15, -0.1) is 0 Å². The van der Waals surface area contributed by atoms with Crippen molar-refractivity contribution >= 4 is 90.8 Å². The molecule has 10 N–H and O–H groups in total. The summed E-state index contributed by atoms with van der Waals surface area (Å²) in [5, 5.41) is 37.2. The number of aromatic nitrogens is 6. The van der Waals surface area contributed by atoms with Gasteiger partial charge in [0.1, 0.15) is 9.79 Å². The van der Waals surface area contributed by atoms with E-state index in [1.807, 2.05) is 36.4 Å².